The van der Waals surface area contributed by atoms with Crippen LogP contribution >= 0.6 is 0 Å². The van der Waals surface area contributed by atoms with Crippen LogP contribution in [0.25, 0.3) is 0 Å². The number of likely N-dealkylation sites (tertiary alicyclic amines) is 2. The number of halogens is 2. The molecule has 0 aliphatic carbocycles. The highest BCUT2D eigenvalue weighted by Gasteiger charge is 2.30. The van der Waals surface area contributed by atoms with Crippen molar-refractivity contribution in [1.29, 1.82) is 0 Å². The monoisotopic (exact) mass is 540 g/mol. The quantitative estimate of drug-likeness (QED) is 0.367. The number of likely N-dealkylation sites (N-methyl/N-ethyl adjacent to an activating group) is 2. The van der Waals surface area contributed by atoms with Crippen molar-refractivity contribution in [3.05, 3.63) is 71.8 Å². The molecule has 4 rings (SSSR count). The van der Waals surface area contributed by atoms with Crippen LogP contribution in [-0.2, 0) is 13.1 Å². The Bertz CT molecular complexity index is 697. The molecule has 6 heteroatoms. The minimum absolute atomic E-state index is 0. The van der Waals surface area contributed by atoms with Gasteiger partial charge in [0.1, 0.15) is 19.1 Å². The Morgan fingerprint density at radius 1 is 0.889 bits per heavy atom. The normalized spacial score (nSPS) is 25.4. The first-order chi connectivity index (χ1) is 15.6. The molecule has 2 aromatic carbocycles. The maximum absolute atomic E-state index is 3.43. The number of hydrogen-bond donors (Lipinski definition) is 3. The second kappa shape index (κ2) is 19.9. The second-order valence-electron chi connectivity index (χ2n) is 10.0. The molecular weight excluding hydrogens is 487 g/mol. The van der Waals surface area contributed by atoms with E-state index in [-0.39, 0.29) is 39.7 Å². The maximum atomic E-state index is 3.43. The first kappa shape index (κ1) is 37.0. The summed E-state index contributed by atoms with van der Waals surface area (Å²) in [6.45, 7) is 12.1. The summed E-state index contributed by atoms with van der Waals surface area (Å²) in [5, 5.41) is 5.83. The Balaban J connectivity index is 0. The van der Waals surface area contributed by atoms with Crippen LogP contribution in [0.2, 0.25) is 0 Å². The van der Waals surface area contributed by atoms with Crippen LogP contribution in [0, 0.1) is 11.8 Å². The SMILES string of the molecule is C.C.CN[C@@H]1CN(Cc2ccccc2)CC[C@@H]1C.C[NH2+][C@@H]1C[NH+](Cc2ccccc2)CC[C@@H]1C.[Cl-].[Cl-]. The standard InChI is InChI=1S/2C14H22N2.2CH4.2ClH/c2*1-12-8-9-16(11-14(12)15-2)10-13-6-4-3-5-7-13;;;;/h2*3-7,12,14-15H,8-11H2,1-2H3;2*1H4;2*1H/t2*12-,14+;;;;/m00..../s1. The third-order valence-corrected chi connectivity index (χ3v) is 7.60. The lowest BCUT2D eigenvalue weighted by atomic mass is 9.93. The molecule has 2 fully saturated rings. The largest absolute Gasteiger partial charge is 1.00 e. The van der Waals surface area contributed by atoms with Gasteiger partial charge in [0.05, 0.1) is 13.6 Å². The molecule has 4 N–H and O–H groups in total. The minimum atomic E-state index is 0. The molecule has 208 valence electrons. The van der Waals surface area contributed by atoms with Crippen molar-refractivity contribution in [3.8, 4) is 0 Å². The molecule has 0 amide bonds. The Hall–Kier alpha value is -1.14. The van der Waals surface area contributed by atoms with Gasteiger partial charge in [-0.2, -0.15) is 0 Å². The van der Waals surface area contributed by atoms with E-state index in [0.717, 1.165) is 24.4 Å². The molecule has 2 aromatic rings. The predicted molar refractivity (Wildman–Crippen MR) is 148 cm³/mol. The summed E-state index contributed by atoms with van der Waals surface area (Å²) in [4.78, 5) is 4.30. The lowest BCUT2D eigenvalue weighted by Gasteiger charge is -2.37. The number of nitrogens with two attached hydrogens (primary N) is 1. The summed E-state index contributed by atoms with van der Waals surface area (Å²) in [5.74, 6) is 1.68. The summed E-state index contributed by atoms with van der Waals surface area (Å²) in [6.07, 6.45) is 2.68. The molecule has 0 radical (unpaired) electrons. The van der Waals surface area contributed by atoms with Gasteiger partial charge in [-0.3, -0.25) is 4.90 Å². The fourth-order valence-corrected chi connectivity index (χ4v) is 5.27. The van der Waals surface area contributed by atoms with Crippen LogP contribution in [0.4, 0.5) is 0 Å². The summed E-state index contributed by atoms with van der Waals surface area (Å²) >= 11 is 0. The summed E-state index contributed by atoms with van der Waals surface area (Å²) < 4.78 is 0. The number of rotatable bonds is 6. The van der Waals surface area contributed by atoms with E-state index in [0.29, 0.717) is 6.04 Å². The summed E-state index contributed by atoms with van der Waals surface area (Å²) in [5.41, 5.74) is 2.90. The van der Waals surface area contributed by atoms with E-state index >= 15 is 0 Å². The van der Waals surface area contributed by atoms with Gasteiger partial charge in [-0.05, 0) is 31.5 Å². The molecule has 0 saturated carbocycles. The van der Waals surface area contributed by atoms with Gasteiger partial charge in [-0.1, -0.05) is 89.4 Å². The highest BCUT2D eigenvalue weighted by molar-refractivity contribution is 5.15. The molecule has 36 heavy (non-hydrogen) atoms. The van der Waals surface area contributed by atoms with Crippen LogP contribution in [0.1, 0.15) is 52.7 Å². The highest BCUT2D eigenvalue weighted by atomic mass is 35.5. The van der Waals surface area contributed by atoms with Crippen LogP contribution in [-0.4, -0.2) is 57.3 Å². The van der Waals surface area contributed by atoms with E-state index in [9.17, 15) is 0 Å². The highest BCUT2D eigenvalue weighted by Crippen LogP contribution is 2.18. The number of benzene rings is 2. The first-order valence-electron chi connectivity index (χ1n) is 12.7. The zero-order valence-corrected chi connectivity index (χ0v) is 23.0. The van der Waals surface area contributed by atoms with E-state index in [1.807, 2.05) is 0 Å². The van der Waals surface area contributed by atoms with Gasteiger partial charge in [-0.25, -0.2) is 0 Å². The Labute approximate surface area is 235 Å². The fourth-order valence-electron chi connectivity index (χ4n) is 5.27. The topological polar surface area (TPSA) is 36.3 Å². The van der Waals surface area contributed by atoms with Crippen LogP contribution in [0.3, 0.4) is 0 Å². The van der Waals surface area contributed by atoms with Crippen molar-refractivity contribution in [2.24, 2.45) is 11.8 Å². The Morgan fingerprint density at radius 2 is 1.47 bits per heavy atom. The van der Waals surface area contributed by atoms with Crippen molar-refractivity contribution in [2.45, 2.75) is 66.7 Å². The molecule has 2 aliphatic heterocycles. The lowest BCUT2D eigenvalue weighted by Crippen LogP contribution is -3.16. The number of nitrogens with zero attached hydrogens (tertiary/aromatic N) is 1. The van der Waals surface area contributed by atoms with Crippen molar-refractivity contribution in [3.63, 3.8) is 0 Å². The van der Waals surface area contributed by atoms with Gasteiger partial charge >= 0.3 is 0 Å². The lowest BCUT2D eigenvalue weighted by molar-refractivity contribution is -0.939. The average molecular weight is 542 g/mol. The Morgan fingerprint density at radius 3 is 2.03 bits per heavy atom. The van der Waals surface area contributed by atoms with Gasteiger partial charge in [0, 0.05) is 37.0 Å². The van der Waals surface area contributed by atoms with Crippen molar-refractivity contribution >= 4 is 0 Å². The van der Waals surface area contributed by atoms with E-state index < -0.39 is 0 Å². The number of hydrogen-bond acceptors (Lipinski definition) is 2. The molecule has 1 unspecified atom stereocenters. The number of piperidine rings is 2. The maximum Gasteiger partial charge on any atom is 0.138 e. The van der Waals surface area contributed by atoms with E-state index in [2.05, 4.69) is 104 Å². The average Bonchev–Trinajstić information content (AvgIpc) is 2.83. The van der Waals surface area contributed by atoms with Crippen molar-refractivity contribution in [1.82, 2.24) is 10.2 Å². The fraction of sp³-hybridized carbons (Fsp3) is 0.600. The van der Waals surface area contributed by atoms with Crippen LogP contribution in [0.15, 0.2) is 60.7 Å². The molecule has 0 spiro atoms. The number of quaternary nitrogens is 2. The van der Waals surface area contributed by atoms with Crippen molar-refractivity contribution < 1.29 is 35.0 Å². The van der Waals surface area contributed by atoms with E-state index in [1.54, 1.807) is 4.90 Å². The first-order valence-corrected chi connectivity index (χ1v) is 12.7. The zero-order chi connectivity index (χ0) is 22.8. The summed E-state index contributed by atoms with van der Waals surface area (Å²) in [6, 6.07) is 23.1. The van der Waals surface area contributed by atoms with Gasteiger partial charge in [0.15, 0.2) is 0 Å². The molecule has 0 aromatic heterocycles. The molecule has 2 aliphatic rings. The van der Waals surface area contributed by atoms with E-state index in [1.165, 1.54) is 56.7 Å². The van der Waals surface area contributed by atoms with Crippen molar-refractivity contribution in [2.75, 3.05) is 40.3 Å². The smallest absolute Gasteiger partial charge is 0.138 e. The zero-order valence-electron chi connectivity index (χ0n) is 21.5. The van der Waals surface area contributed by atoms with E-state index in [4.69, 9.17) is 0 Å². The molecular formula is C30H54Cl2N4. The molecule has 2 saturated heterocycles. The number of nitrogens with one attached hydrogen (secondary N) is 2. The second-order valence-corrected chi connectivity index (χ2v) is 10.0. The van der Waals surface area contributed by atoms with Gasteiger partial charge in [0.25, 0.3) is 0 Å². The van der Waals surface area contributed by atoms with Gasteiger partial charge in [0.2, 0.25) is 0 Å². The van der Waals surface area contributed by atoms with Gasteiger partial charge in [-0.15, -0.1) is 0 Å². The van der Waals surface area contributed by atoms with Crippen LogP contribution < -0.4 is 40.3 Å². The van der Waals surface area contributed by atoms with Gasteiger partial charge < -0.3 is 40.3 Å². The minimum Gasteiger partial charge on any atom is -1.00 e. The third-order valence-electron chi connectivity index (χ3n) is 7.60. The Kier molecular flexibility index (Phi) is 20.5. The summed E-state index contributed by atoms with van der Waals surface area (Å²) in [7, 11) is 4.29. The molecule has 5 atom stereocenters. The predicted octanol–water partition coefficient (Wildman–Crippen LogP) is -2.93. The molecule has 4 nitrogen and oxygen atoms in total. The molecule has 0 bridgehead atoms. The molecule has 2 heterocycles. The third kappa shape index (κ3) is 11.9. The van der Waals surface area contributed by atoms with Crippen LogP contribution in [0.5, 0.6) is 0 Å².